The Labute approximate surface area is 87.5 Å². The van der Waals surface area contributed by atoms with E-state index in [0.29, 0.717) is 5.70 Å². The molecule has 4 nitrogen and oxygen atoms in total. The second-order valence-electron chi connectivity index (χ2n) is 2.96. The monoisotopic (exact) mass is 202 g/mol. The summed E-state index contributed by atoms with van der Waals surface area (Å²) in [7, 11) is 0. The summed E-state index contributed by atoms with van der Waals surface area (Å²) < 4.78 is 0. The number of benzene rings is 1. The Balaban J connectivity index is 2.78. The average Bonchev–Trinajstić information content (AvgIpc) is 2.18. The van der Waals surface area contributed by atoms with E-state index in [4.69, 9.17) is 10.4 Å². The number of hydrogen-bond acceptors (Lipinski definition) is 3. The van der Waals surface area contributed by atoms with Crippen molar-refractivity contribution in [1.29, 1.82) is 5.26 Å². The van der Waals surface area contributed by atoms with E-state index in [9.17, 15) is 4.79 Å². The molecule has 4 heteroatoms. The van der Waals surface area contributed by atoms with Crippen molar-refractivity contribution in [2.75, 3.05) is 5.32 Å². The molecule has 0 aliphatic rings. The molecule has 0 radical (unpaired) electrons. The number of anilines is 1. The second kappa shape index (κ2) is 4.82. The Morgan fingerprint density at radius 1 is 1.47 bits per heavy atom. The Kier molecular flexibility index (Phi) is 3.47. The highest BCUT2D eigenvalue weighted by Gasteiger charge is 2.01. The summed E-state index contributed by atoms with van der Waals surface area (Å²) in [6.45, 7) is 1.76. The van der Waals surface area contributed by atoms with Crippen LogP contribution >= 0.6 is 0 Å². The van der Waals surface area contributed by atoms with Crippen LogP contribution < -0.4 is 5.32 Å². The van der Waals surface area contributed by atoms with Crippen molar-refractivity contribution < 1.29 is 9.90 Å². The lowest BCUT2D eigenvalue weighted by Gasteiger charge is -2.05. The lowest BCUT2D eigenvalue weighted by Crippen LogP contribution is -1.98. The Hall–Kier alpha value is -2.28. The number of carbonyl (C=O) groups is 1. The highest BCUT2D eigenvalue weighted by molar-refractivity contribution is 5.88. The normalized spacial score (nSPS) is 10.5. The quantitative estimate of drug-likeness (QED) is 0.737. The number of allylic oxidation sites excluding steroid dienone is 2. The van der Waals surface area contributed by atoms with Gasteiger partial charge in [-0.05, 0) is 31.2 Å². The Bertz CT molecular complexity index is 427. The fourth-order valence-corrected chi connectivity index (χ4v) is 1.06. The van der Waals surface area contributed by atoms with E-state index < -0.39 is 5.97 Å². The topological polar surface area (TPSA) is 73.1 Å². The van der Waals surface area contributed by atoms with Gasteiger partial charge in [-0.3, -0.25) is 0 Å². The summed E-state index contributed by atoms with van der Waals surface area (Å²) in [6.07, 6.45) is 1.38. The predicted octanol–water partition coefficient (Wildman–Crippen LogP) is 2.22. The van der Waals surface area contributed by atoms with Gasteiger partial charge in [-0.15, -0.1) is 0 Å². The van der Waals surface area contributed by atoms with Gasteiger partial charge in [0.15, 0.2) is 0 Å². The third-order valence-corrected chi connectivity index (χ3v) is 1.75. The van der Waals surface area contributed by atoms with Crippen LogP contribution in [0.5, 0.6) is 0 Å². The van der Waals surface area contributed by atoms with Crippen molar-refractivity contribution in [3.05, 3.63) is 41.6 Å². The highest BCUT2D eigenvalue weighted by Crippen LogP contribution is 2.11. The smallest absolute Gasteiger partial charge is 0.335 e. The van der Waals surface area contributed by atoms with Crippen LogP contribution in [0.3, 0.4) is 0 Å². The first-order valence-electron chi connectivity index (χ1n) is 4.30. The number of aromatic carboxylic acids is 1. The van der Waals surface area contributed by atoms with Gasteiger partial charge in [0.1, 0.15) is 0 Å². The fraction of sp³-hybridized carbons (Fsp3) is 0.0909. The minimum absolute atomic E-state index is 0.238. The minimum Gasteiger partial charge on any atom is -0.478 e. The molecule has 2 N–H and O–H groups in total. The summed E-state index contributed by atoms with van der Waals surface area (Å²) >= 11 is 0. The summed E-state index contributed by atoms with van der Waals surface area (Å²) in [6, 6.07) is 8.21. The van der Waals surface area contributed by atoms with Crippen molar-refractivity contribution in [3.8, 4) is 6.07 Å². The molecule has 0 aromatic heterocycles. The maximum atomic E-state index is 10.6. The molecule has 0 amide bonds. The van der Waals surface area contributed by atoms with Crippen molar-refractivity contribution in [1.82, 2.24) is 0 Å². The van der Waals surface area contributed by atoms with Gasteiger partial charge in [-0.2, -0.15) is 5.26 Å². The van der Waals surface area contributed by atoms with Gasteiger partial charge in [0.2, 0.25) is 0 Å². The molecule has 0 saturated heterocycles. The lowest BCUT2D eigenvalue weighted by atomic mass is 10.2. The summed E-state index contributed by atoms with van der Waals surface area (Å²) in [5.74, 6) is -0.953. The Morgan fingerprint density at radius 2 is 2.07 bits per heavy atom. The number of carboxylic acid groups (broad SMARTS) is 1. The summed E-state index contributed by atoms with van der Waals surface area (Å²) in [4.78, 5) is 10.6. The zero-order valence-corrected chi connectivity index (χ0v) is 8.19. The third-order valence-electron chi connectivity index (χ3n) is 1.75. The molecular weight excluding hydrogens is 192 g/mol. The molecule has 1 aromatic rings. The first-order chi connectivity index (χ1) is 7.13. The van der Waals surface area contributed by atoms with Crippen molar-refractivity contribution >= 4 is 11.7 Å². The van der Waals surface area contributed by atoms with Crippen LogP contribution in [0.25, 0.3) is 0 Å². The standard InChI is InChI=1S/C11H10N2O2/c1-8(6-7-12)13-10-4-2-9(3-5-10)11(14)15/h2-6,13H,1H3,(H,14,15)/b8-6+. The first-order valence-corrected chi connectivity index (χ1v) is 4.30. The highest BCUT2D eigenvalue weighted by atomic mass is 16.4. The minimum atomic E-state index is -0.953. The largest absolute Gasteiger partial charge is 0.478 e. The van der Waals surface area contributed by atoms with Crippen LogP contribution in [0.2, 0.25) is 0 Å². The maximum Gasteiger partial charge on any atom is 0.335 e. The fourth-order valence-electron chi connectivity index (χ4n) is 1.06. The molecule has 0 fully saturated rings. The SMILES string of the molecule is C/C(=C\C#N)Nc1ccc(C(=O)O)cc1. The summed E-state index contributed by atoms with van der Waals surface area (Å²) in [5, 5.41) is 20.0. The van der Waals surface area contributed by atoms with E-state index in [-0.39, 0.29) is 5.56 Å². The van der Waals surface area contributed by atoms with E-state index in [1.54, 1.807) is 19.1 Å². The first kappa shape index (κ1) is 10.8. The molecule has 76 valence electrons. The van der Waals surface area contributed by atoms with Crippen LogP contribution in [-0.4, -0.2) is 11.1 Å². The Morgan fingerprint density at radius 3 is 2.53 bits per heavy atom. The zero-order chi connectivity index (χ0) is 11.3. The van der Waals surface area contributed by atoms with Crippen molar-refractivity contribution in [2.45, 2.75) is 6.92 Å². The molecule has 1 aromatic carbocycles. The van der Waals surface area contributed by atoms with Gasteiger partial charge in [0, 0.05) is 17.5 Å². The van der Waals surface area contributed by atoms with E-state index in [2.05, 4.69) is 5.32 Å². The van der Waals surface area contributed by atoms with Gasteiger partial charge >= 0.3 is 5.97 Å². The van der Waals surface area contributed by atoms with Gasteiger partial charge < -0.3 is 10.4 Å². The number of carboxylic acids is 1. The molecule has 0 heterocycles. The zero-order valence-electron chi connectivity index (χ0n) is 8.19. The van der Waals surface area contributed by atoms with Crippen LogP contribution in [-0.2, 0) is 0 Å². The van der Waals surface area contributed by atoms with Gasteiger partial charge in [-0.1, -0.05) is 0 Å². The number of nitrogens with one attached hydrogen (secondary N) is 1. The number of hydrogen-bond donors (Lipinski definition) is 2. The van der Waals surface area contributed by atoms with Gasteiger partial charge in [0.25, 0.3) is 0 Å². The molecular formula is C11H10N2O2. The maximum absolute atomic E-state index is 10.6. The molecule has 15 heavy (non-hydrogen) atoms. The van der Waals surface area contributed by atoms with E-state index in [0.717, 1.165) is 5.69 Å². The van der Waals surface area contributed by atoms with Gasteiger partial charge in [0.05, 0.1) is 11.6 Å². The van der Waals surface area contributed by atoms with Crippen molar-refractivity contribution in [2.24, 2.45) is 0 Å². The van der Waals surface area contributed by atoms with E-state index in [1.165, 1.54) is 18.2 Å². The molecule has 1 rings (SSSR count). The number of nitrogens with zero attached hydrogens (tertiary/aromatic N) is 1. The third kappa shape index (κ3) is 3.16. The van der Waals surface area contributed by atoms with Crippen LogP contribution in [0.1, 0.15) is 17.3 Å². The van der Waals surface area contributed by atoms with E-state index in [1.807, 2.05) is 6.07 Å². The number of nitriles is 1. The molecule has 0 bridgehead atoms. The van der Waals surface area contributed by atoms with E-state index >= 15 is 0 Å². The van der Waals surface area contributed by atoms with Crippen LogP contribution in [0.4, 0.5) is 5.69 Å². The van der Waals surface area contributed by atoms with Crippen LogP contribution in [0, 0.1) is 11.3 Å². The molecule has 0 atom stereocenters. The van der Waals surface area contributed by atoms with Crippen LogP contribution in [0.15, 0.2) is 36.0 Å². The van der Waals surface area contributed by atoms with Gasteiger partial charge in [-0.25, -0.2) is 4.79 Å². The molecule has 0 unspecified atom stereocenters. The summed E-state index contributed by atoms with van der Waals surface area (Å²) in [5.41, 5.74) is 1.70. The molecule has 0 aliphatic heterocycles. The average molecular weight is 202 g/mol. The predicted molar refractivity (Wildman–Crippen MR) is 56.4 cm³/mol. The lowest BCUT2D eigenvalue weighted by molar-refractivity contribution is 0.0697. The second-order valence-corrected chi connectivity index (χ2v) is 2.96. The molecule has 0 aliphatic carbocycles. The molecule has 0 spiro atoms. The number of rotatable bonds is 3. The van der Waals surface area contributed by atoms with Crippen molar-refractivity contribution in [3.63, 3.8) is 0 Å². The molecule has 0 saturated carbocycles.